The Hall–Kier alpha value is -2.98. The van der Waals surface area contributed by atoms with Crippen molar-refractivity contribution in [2.24, 2.45) is 0 Å². The van der Waals surface area contributed by atoms with Gasteiger partial charge in [0.25, 0.3) is 0 Å². The fourth-order valence-corrected chi connectivity index (χ4v) is 3.85. The van der Waals surface area contributed by atoms with E-state index in [0.29, 0.717) is 25.4 Å². The summed E-state index contributed by atoms with van der Waals surface area (Å²) in [5.41, 5.74) is 0.736. The third kappa shape index (κ3) is 6.51. The molecular weight excluding hydrogens is 434 g/mol. The first-order valence-electron chi connectivity index (χ1n) is 10.5. The Morgan fingerprint density at radius 2 is 2.19 bits per heavy atom. The Labute approximate surface area is 192 Å². The highest BCUT2D eigenvalue weighted by Gasteiger charge is 2.34. The van der Waals surface area contributed by atoms with Crippen LogP contribution in [0.5, 0.6) is 5.75 Å². The number of carbonyl (C=O) groups excluding carboxylic acids is 3. The number of benzene rings is 1. The predicted octanol–water partition coefficient (Wildman–Crippen LogP) is 1.02. The number of rotatable bonds is 7. The largest absolute Gasteiger partial charge is 0.496 e. The highest BCUT2D eigenvalue weighted by atomic mass is 32.1. The molecule has 0 aliphatic carbocycles. The summed E-state index contributed by atoms with van der Waals surface area (Å²) in [7, 11) is 1.55. The van der Waals surface area contributed by atoms with E-state index >= 15 is 0 Å². The molecule has 0 bridgehead atoms. The molecule has 32 heavy (non-hydrogen) atoms. The van der Waals surface area contributed by atoms with Crippen molar-refractivity contribution in [1.29, 1.82) is 0 Å². The van der Waals surface area contributed by atoms with Gasteiger partial charge in [-0.05, 0) is 37.2 Å². The lowest BCUT2D eigenvalue weighted by Crippen LogP contribution is -2.60. The molecule has 2 aliphatic rings. The van der Waals surface area contributed by atoms with E-state index in [4.69, 9.17) is 26.4 Å². The fourth-order valence-electron chi connectivity index (χ4n) is 3.53. The molecule has 2 amide bonds. The molecule has 0 saturated carbocycles. The van der Waals surface area contributed by atoms with Gasteiger partial charge in [-0.2, -0.15) is 0 Å². The molecule has 1 aromatic carbocycles. The van der Waals surface area contributed by atoms with Gasteiger partial charge in [-0.1, -0.05) is 18.2 Å². The van der Waals surface area contributed by atoms with Gasteiger partial charge in [-0.25, -0.2) is 0 Å². The maximum Gasteiger partial charge on any atom is 0.308 e. The van der Waals surface area contributed by atoms with Gasteiger partial charge in [0.05, 0.1) is 19.6 Å². The molecule has 172 valence electrons. The van der Waals surface area contributed by atoms with E-state index in [9.17, 15) is 14.4 Å². The van der Waals surface area contributed by atoms with Gasteiger partial charge in [0, 0.05) is 31.3 Å². The van der Waals surface area contributed by atoms with E-state index in [1.165, 1.54) is 11.0 Å². The zero-order valence-electron chi connectivity index (χ0n) is 17.9. The summed E-state index contributed by atoms with van der Waals surface area (Å²) in [5.74, 6) is -0.677. The maximum atomic E-state index is 12.4. The molecule has 0 radical (unpaired) electrons. The molecule has 2 N–H and O–H groups in total. The molecule has 0 spiro atoms. The van der Waals surface area contributed by atoms with Crippen LogP contribution in [-0.4, -0.2) is 73.4 Å². The third-order valence-corrected chi connectivity index (χ3v) is 5.53. The van der Waals surface area contributed by atoms with Gasteiger partial charge in [-0.15, -0.1) is 0 Å². The number of hydrogen-bond donors (Lipinski definition) is 2. The fraction of sp³-hybridized carbons (Fsp3) is 0.455. The molecule has 2 atom stereocenters. The van der Waals surface area contributed by atoms with Crippen molar-refractivity contribution < 1.29 is 28.6 Å². The minimum atomic E-state index is -0.855. The highest BCUT2D eigenvalue weighted by molar-refractivity contribution is 7.80. The van der Waals surface area contributed by atoms with Crippen molar-refractivity contribution in [3.05, 3.63) is 35.9 Å². The predicted molar refractivity (Wildman–Crippen MR) is 121 cm³/mol. The number of esters is 1. The van der Waals surface area contributed by atoms with Gasteiger partial charge in [-0.3, -0.25) is 19.7 Å². The quantitative estimate of drug-likeness (QED) is 0.352. The number of amides is 2. The van der Waals surface area contributed by atoms with Crippen molar-refractivity contribution in [2.45, 2.75) is 31.4 Å². The molecule has 2 fully saturated rings. The Morgan fingerprint density at radius 1 is 1.38 bits per heavy atom. The average molecular weight is 462 g/mol. The van der Waals surface area contributed by atoms with Crippen LogP contribution in [-0.2, 0) is 23.9 Å². The van der Waals surface area contributed by atoms with Gasteiger partial charge in [0.2, 0.25) is 11.8 Å². The lowest BCUT2D eigenvalue weighted by atomic mass is 10.1. The Kier molecular flexibility index (Phi) is 8.57. The summed E-state index contributed by atoms with van der Waals surface area (Å²) < 4.78 is 16.0. The lowest BCUT2D eigenvalue weighted by Gasteiger charge is -2.36. The molecule has 1 aromatic rings. The van der Waals surface area contributed by atoms with Crippen LogP contribution in [0.3, 0.4) is 0 Å². The average Bonchev–Trinajstić information content (AvgIpc) is 3.31. The Morgan fingerprint density at radius 3 is 2.94 bits per heavy atom. The van der Waals surface area contributed by atoms with E-state index in [-0.39, 0.29) is 30.2 Å². The van der Waals surface area contributed by atoms with Crippen LogP contribution in [0.15, 0.2) is 30.3 Å². The summed E-state index contributed by atoms with van der Waals surface area (Å²) in [6.07, 6.45) is 4.47. The first-order valence-corrected chi connectivity index (χ1v) is 10.9. The molecule has 3 rings (SSSR count). The number of nitrogens with one attached hydrogen (secondary N) is 2. The van der Waals surface area contributed by atoms with Gasteiger partial charge in [0.15, 0.2) is 5.11 Å². The molecule has 9 nitrogen and oxygen atoms in total. The summed E-state index contributed by atoms with van der Waals surface area (Å²) in [4.78, 5) is 38.6. The van der Waals surface area contributed by atoms with E-state index in [2.05, 4.69) is 10.6 Å². The first-order chi connectivity index (χ1) is 15.5. The van der Waals surface area contributed by atoms with E-state index in [1.807, 2.05) is 18.2 Å². The number of nitrogens with zero attached hydrogens (tertiary/aromatic N) is 1. The highest BCUT2D eigenvalue weighted by Crippen LogP contribution is 2.18. The van der Waals surface area contributed by atoms with Crippen LogP contribution in [0, 0.1) is 0 Å². The molecule has 2 aliphatic heterocycles. The van der Waals surface area contributed by atoms with Gasteiger partial charge in [0.1, 0.15) is 18.4 Å². The normalized spacial score (nSPS) is 20.7. The smallest absolute Gasteiger partial charge is 0.308 e. The molecular formula is C22H27N3O6S. The lowest BCUT2D eigenvalue weighted by molar-refractivity contribution is -0.150. The monoisotopic (exact) mass is 461 g/mol. The number of thiocarbonyl (C=S) groups is 1. The van der Waals surface area contributed by atoms with E-state index in [0.717, 1.165) is 18.4 Å². The Bertz CT molecular complexity index is 884. The zero-order valence-corrected chi connectivity index (χ0v) is 18.7. The number of carbonyl (C=O) groups is 3. The second kappa shape index (κ2) is 11.6. The molecule has 10 heteroatoms. The van der Waals surface area contributed by atoms with Crippen LogP contribution < -0.4 is 15.4 Å². The summed E-state index contributed by atoms with van der Waals surface area (Å²) in [5, 5.41) is 5.39. The second-order valence-corrected chi connectivity index (χ2v) is 7.78. The number of hydrogen-bond acceptors (Lipinski definition) is 7. The second-order valence-electron chi connectivity index (χ2n) is 7.39. The van der Waals surface area contributed by atoms with E-state index in [1.54, 1.807) is 19.3 Å². The van der Waals surface area contributed by atoms with Crippen molar-refractivity contribution in [3.8, 4) is 5.75 Å². The summed E-state index contributed by atoms with van der Waals surface area (Å²) in [6.45, 7) is 1.56. The van der Waals surface area contributed by atoms with Crippen LogP contribution in [0.2, 0.25) is 0 Å². The third-order valence-electron chi connectivity index (χ3n) is 5.19. The minimum absolute atomic E-state index is 0.0754. The maximum absolute atomic E-state index is 12.4. The van der Waals surface area contributed by atoms with Crippen molar-refractivity contribution >= 4 is 41.2 Å². The minimum Gasteiger partial charge on any atom is -0.496 e. The molecule has 2 saturated heterocycles. The van der Waals surface area contributed by atoms with E-state index < -0.39 is 17.9 Å². The summed E-state index contributed by atoms with van der Waals surface area (Å²) >= 11 is 5.35. The van der Waals surface area contributed by atoms with Gasteiger partial charge >= 0.3 is 5.97 Å². The van der Waals surface area contributed by atoms with Crippen LogP contribution in [0.25, 0.3) is 6.08 Å². The molecule has 0 aromatic heterocycles. The SMILES string of the molecule is COc1ccccc1/C=C/C(=O)NC(=S)N1CCNC(=O)C1CC(=O)OCC1CCCO1. The first kappa shape index (κ1) is 23.7. The van der Waals surface area contributed by atoms with Gasteiger partial charge < -0.3 is 24.4 Å². The number of para-hydroxylation sites is 1. The van der Waals surface area contributed by atoms with Crippen LogP contribution in [0.1, 0.15) is 24.8 Å². The summed E-state index contributed by atoms with van der Waals surface area (Å²) in [6, 6.07) is 6.41. The standard InChI is InChI=1S/C22H27N3O6S/c1-29-18-7-3-2-5-15(18)8-9-19(26)24-22(32)25-11-10-23-21(28)17(25)13-20(27)31-14-16-6-4-12-30-16/h2-3,5,7-9,16-17H,4,6,10-14H2,1H3,(H,23,28)(H,24,26,32)/b9-8+. The van der Waals surface area contributed by atoms with Crippen molar-refractivity contribution in [3.63, 3.8) is 0 Å². The van der Waals surface area contributed by atoms with Crippen molar-refractivity contribution in [1.82, 2.24) is 15.5 Å². The number of piperazine rings is 1. The van der Waals surface area contributed by atoms with Crippen LogP contribution in [0.4, 0.5) is 0 Å². The topological polar surface area (TPSA) is 106 Å². The number of ether oxygens (including phenoxy) is 3. The van der Waals surface area contributed by atoms with Crippen LogP contribution >= 0.6 is 12.2 Å². The Balaban J connectivity index is 1.56. The number of methoxy groups -OCH3 is 1. The zero-order chi connectivity index (χ0) is 22.9. The molecule has 2 heterocycles. The van der Waals surface area contributed by atoms with Crippen molar-refractivity contribution in [2.75, 3.05) is 33.4 Å². The molecule has 2 unspecified atom stereocenters.